The third-order valence-electron chi connectivity index (χ3n) is 6.14. The highest BCUT2D eigenvalue weighted by molar-refractivity contribution is 8.08. The molecule has 1 aromatic heterocycles. The fourth-order valence-electron chi connectivity index (χ4n) is 4.61. The Morgan fingerprint density at radius 1 is 0.933 bits per heavy atom. The Hall–Kier alpha value is -2.75. The number of benzene rings is 3. The van der Waals surface area contributed by atoms with Crippen LogP contribution >= 0.6 is 11.8 Å². The monoisotopic (exact) mass is 409 g/mol. The lowest BCUT2D eigenvalue weighted by atomic mass is 10.0. The summed E-state index contributed by atoms with van der Waals surface area (Å²) in [5.74, 6) is 1.17. The third kappa shape index (κ3) is 3.28. The summed E-state index contributed by atoms with van der Waals surface area (Å²) >= 11 is 1.89. The second-order valence-electron chi connectivity index (χ2n) is 8.14. The van der Waals surface area contributed by atoms with Crippen LogP contribution in [0.1, 0.15) is 28.0 Å². The fraction of sp³-hybridized carbons (Fsp3) is 0.185. The van der Waals surface area contributed by atoms with Crippen LogP contribution in [0.4, 0.5) is 0 Å². The molecule has 2 nitrogen and oxygen atoms in total. The lowest BCUT2D eigenvalue weighted by molar-refractivity contribution is 0.235. The van der Waals surface area contributed by atoms with Gasteiger partial charge >= 0.3 is 0 Å². The van der Waals surface area contributed by atoms with Crippen molar-refractivity contribution in [1.82, 2.24) is 4.90 Å². The van der Waals surface area contributed by atoms with E-state index in [1.54, 1.807) is 0 Å². The molecule has 148 valence electrons. The van der Waals surface area contributed by atoms with Crippen molar-refractivity contribution in [3.63, 3.8) is 0 Å². The van der Waals surface area contributed by atoms with E-state index < -0.39 is 0 Å². The second kappa shape index (κ2) is 7.50. The first kappa shape index (κ1) is 18.1. The fourth-order valence-corrected chi connectivity index (χ4v) is 5.69. The number of para-hydroxylation sites is 1. The van der Waals surface area contributed by atoms with Gasteiger partial charge in [0.2, 0.25) is 0 Å². The van der Waals surface area contributed by atoms with Gasteiger partial charge in [0.25, 0.3) is 0 Å². The zero-order valence-corrected chi connectivity index (χ0v) is 17.6. The number of fused-ring (bicyclic) bond motifs is 4. The quantitative estimate of drug-likeness (QED) is 0.375. The van der Waals surface area contributed by atoms with Crippen LogP contribution in [-0.4, -0.2) is 11.4 Å². The number of thioether (sulfide) groups is 1. The number of hydrogen-bond donors (Lipinski definition) is 0. The highest BCUT2D eigenvalue weighted by Gasteiger charge is 2.22. The topological polar surface area (TPSA) is 16.4 Å². The van der Waals surface area contributed by atoms with Crippen LogP contribution in [0.5, 0.6) is 0 Å². The van der Waals surface area contributed by atoms with Gasteiger partial charge in [-0.15, -0.1) is 0 Å². The minimum atomic E-state index is 0.960. The standard InChI is InChI=1S/C27H23NOS/c1-4-11-26-20(7-1)12-13-27(30-26)21-8-5-6-19(16-21)17-28-15-14-25-23(18-28)22-9-2-3-10-24(22)29-25/h1-11,13,16H,12,14-15,17-18H2. The van der Waals surface area contributed by atoms with Gasteiger partial charge in [0.15, 0.2) is 0 Å². The Balaban J connectivity index is 1.22. The van der Waals surface area contributed by atoms with E-state index in [1.807, 2.05) is 11.8 Å². The first-order valence-electron chi connectivity index (χ1n) is 10.6. The summed E-state index contributed by atoms with van der Waals surface area (Å²) in [6.07, 6.45) is 4.38. The van der Waals surface area contributed by atoms with Crippen molar-refractivity contribution in [1.29, 1.82) is 0 Å². The van der Waals surface area contributed by atoms with Crippen molar-refractivity contribution in [2.45, 2.75) is 30.8 Å². The molecule has 0 atom stereocenters. The van der Waals surface area contributed by atoms with Crippen molar-refractivity contribution < 1.29 is 4.42 Å². The molecule has 3 heteroatoms. The van der Waals surface area contributed by atoms with E-state index >= 15 is 0 Å². The Bertz CT molecular complexity index is 1270. The van der Waals surface area contributed by atoms with Crippen LogP contribution < -0.4 is 0 Å². The number of allylic oxidation sites excluding steroid dienone is 1. The lowest BCUT2D eigenvalue weighted by Crippen LogP contribution is -2.29. The average Bonchev–Trinajstić information content (AvgIpc) is 3.17. The first-order valence-corrected chi connectivity index (χ1v) is 11.4. The summed E-state index contributed by atoms with van der Waals surface area (Å²) in [6, 6.07) is 26.2. The van der Waals surface area contributed by atoms with Crippen LogP contribution in [0.15, 0.2) is 88.2 Å². The van der Waals surface area contributed by atoms with Gasteiger partial charge in [0.1, 0.15) is 11.3 Å². The van der Waals surface area contributed by atoms with Crippen molar-refractivity contribution >= 4 is 27.6 Å². The van der Waals surface area contributed by atoms with Crippen molar-refractivity contribution in [2.75, 3.05) is 6.54 Å². The minimum absolute atomic E-state index is 0.960. The summed E-state index contributed by atoms with van der Waals surface area (Å²) in [6.45, 7) is 2.98. The van der Waals surface area contributed by atoms with Crippen LogP contribution in [0.2, 0.25) is 0 Å². The average molecular weight is 410 g/mol. The molecule has 0 N–H and O–H groups in total. The lowest BCUT2D eigenvalue weighted by Gasteiger charge is -2.26. The maximum absolute atomic E-state index is 6.08. The second-order valence-corrected chi connectivity index (χ2v) is 9.23. The van der Waals surface area contributed by atoms with Gasteiger partial charge in [-0.25, -0.2) is 0 Å². The van der Waals surface area contributed by atoms with Crippen LogP contribution in [0.3, 0.4) is 0 Å². The highest BCUT2D eigenvalue weighted by atomic mass is 32.2. The molecule has 0 radical (unpaired) electrons. The van der Waals surface area contributed by atoms with E-state index in [0.29, 0.717) is 0 Å². The molecule has 0 unspecified atom stereocenters. The van der Waals surface area contributed by atoms with Gasteiger partial charge < -0.3 is 4.42 Å². The van der Waals surface area contributed by atoms with Gasteiger partial charge in [-0.05, 0) is 41.3 Å². The maximum atomic E-state index is 6.08. The number of rotatable bonds is 3. The molecule has 2 aliphatic rings. The third-order valence-corrected chi connectivity index (χ3v) is 7.38. The zero-order valence-electron chi connectivity index (χ0n) is 16.8. The predicted octanol–water partition coefficient (Wildman–Crippen LogP) is 6.68. The summed E-state index contributed by atoms with van der Waals surface area (Å²) in [5.41, 5.74) is 6.53. The first-order chi connectivity index (χ1) is 14.8. The maximum Gasteiger partial charge on any atom is 0.134 e. The van der Waals surface area contributed by atoms with Crippen molar-refractivity contribution in [2.24, 2.45) is 0 Å². The van der Waals surface area contributed by atoms with Gasteiger partial charge in [0.05, 0.1) is 0 Å². The number of nitrogens with zero attached hydrogens (tertiary/aromatic N) is 1. The normalized spacial score (nSPS) is 16.2. The summed E-state index contributed by atoms with van der Waals surface area (Å²) in [4.78, 5) is 5.30. The molecular weight excluding hydrogens is 386 g/mol. The highest BCUT2D eigenvalue weighted by Crippen LogP contribution is 2.40. The summed E-state index contributed by atoms with van der Waals surface area (Å²) in [5, 5.41) is 1.27. The predicted molar refractivity (Wildman–Crippen MR) is 124 cm³/mol. The molecule has 6 rings (SSSR count). The van der Waals surface area contributed by atoms with Crippen molar-refractivity contribution in [3.8, 4) is 0 Å². The molecular formula is C27H23NOS. The molecule has 2 aliphatic heterocycles. The van der Waals surface area contributed by atoms with Crippen LogP contribution in [-0.2, 0) is 25.9 Å². The van der Waals surface area contributed by atoms with Gasteiger partial charge in [-0.2, -0.15) is 0 Å². The smallest absolute Gasteiger partial charge is 0.134 e. The molecule has 0 amide bonds. The van der Waals surface area contributed by atoms with E-state index in [0.717, 1.165) is 38.1 Å². The van der Waals surface area contributed by atoms with E-state index in [2.05, 4.69) is 83.8 Å². The minimum Gasteiger partial charge on any atom is -0.461 e. The van der Waals surface area contributed by atoms with Crippen LogP contribution in [0, 0.1) is 0 Å². The van der Waals surface area contributed by atoms with E-state index in [9.17, 15) is 0 Å². The Labute approximate surface area is 181 Å². The Morgan fingerprint density at radius 3 is 2.83 bits per heavy atom. The van der Waals surface area contributed by atoms with Gasteiger partial charge in [-0.1, -0.05) is 72.4 Å². The molecule has 3 heterocycles. The van der Waals surface area contributed by atoms with E-state index in [-0.39, 0.29) is 0 Å². The van der Waals surface area contributed by atoms with E-state index in [4.69, 9.17) is 4.42 Å². The molecule has 0 bridgehead atoms. The largest absolute Gasteiger partial charge is 0.461 e. The Kier molecular flexibility index (Phi) is 4.51. The zero-order chi connectivity index (χ0) is 19.9. The SMILES string of the molecule is C1=C(c2cccc(CN3CCc4oc5ccccc5c4C3)c2)Sc2ccccc2C1. The van der Waals surface area contributed by atoms with E-state index in [1.165, 1.54) is 43.2 Å². The molecule has 0 saturated carbocycles. The van der Waals surface area contributed by atoms with Gasteiger partial charge in [0, 0.05) is 46.8 Å². The molecule has 0 saturated heterocycles. The van der Waals surface area contributed by atoms with Crippen LogP contribution in [0.25, 0.3) is 15.9 Å². The molecule has 0 spiro atoms. The van der Waals surface area contributed by atoms with Crippen molar-refractivity contribution in [3.05, 3.63) is 107 Å². The summed E-state index contributed by atoms with van der Waals surface area (Å²) in [7, 11) is 0. The van der Waals surface area contributed by atoms with Gasteiger partial charge in [-0.3, -0.25) is 4.90 Å². The number of furan rings is 1. The molecule has 30 heavy (non-hydrogen) atoms. The molecule has 3 aromatic carbocycles. The molecule has 0 aliphatic carbocycles. The number of hydrogen-bond acceptors (Lipinski definition) is 3. The Morgan fingerprint density at radius 2 is 1.83 bits per heavy atom. The summed E-state index contributed by atoms with van der Waals surface area (Å²) < 4.78 is 6.08. The molecule has 0 fully saturated rings. The molecule has 4 aromatic rings.